The summed E-state index contributed by atoms with van der Waals surface area (Å²) in [6.45, 7) is 3.78. The Morgan fingerprint density at radius 3 is 3.00 bits per heavy atom. The van der Waals surface area contributed by atoms with Crippen molar-refractivity contribution in [2.75, 3.05) is 13.1 Å². The zero-order chi connectivity index (χ0) is 10.9. The second-order valence-electron chi connectivity index (χ2n) is 4.05. The van der Waals surface area contributed by atoms with E-state index in [2.05, 4.69) is 26.6 Å². The molecule has 1 aromatic rings. The van der Waals surface area contributed by atoms with Gasteiger partial charge in [0.1, 0.15) is 0 Å². The second-order valence-corrected chi connectivity index (χ2v) is 4.83. The van der Waals surface area contributed by atoms with E-state index in [-0.39, 0.29) is 11.4 Å². The van der Waals surface area contributed by atoms with Gasteiger partial charge in [0.05, 0.1) is 5.54 Å². The predicted octanol–water partition coefficient (Wildman–Crippen LogP) is 1.52. The van der Waals surface area contributed by atoms with E-state index in [1.165, 1.54) is 0 Å². The van der Waals surface area contributed by atoms with Crippen molar-refractivity contribution in [3.63, 3.8) is 0 Å². The molecule has 0 radical (unpaired) electrons. The van der Waals surface area contributed by atoms with Gasteiger partial charge in [-0.15, -0.1) is 0 Å². The Labute approximate surface area is 96.5 Å². The molecule has 1 saturated heterocycles. The van der Waals surface area contributed by atoms with Crippen molar-refractivity contribution in [3.05, 3.63) is 22.6 Å². The van der Waals surface area contributed by atoms with Crippen LogP contribution in [-0.4, -0.2) is 24.5 Å². The summed E-state index contributed by atoms with van der Waals surface area (Å²) in [5.74, 6) is 0.182. The van der Waals surface area contributed by atoms with E-state index >= 15 is 0 Å². The molecule has 1 aliphatic heterocycles. The monoisotopic (exact) mass is 272 g/mol. The summed E-state index contributed by atoms with van der Waals surface area (Å²) in [4.78, 5) is 11.8. The lowest BCUT2D eigenvalue weighted by atomic mass is 10.0. The van der Waals surface area contributed by atoms with E-state index in [1.807, 2.05) is 6.92 Å². The summed E-state index contributed by atoms with van der Waals surface area (Å²) in [5.41, 5.74) is -0.156. The SMILES string of the molecule is CC1(NC(=O)c2ccc(Br)o2)CCNC1. The molecule has 5 heteroatoms. The Balaban J connectivity index is 2.03. The first-order valence-electron chi connectivity index (χ1n) is 4.88. The molecular weight excluding hydrogens is 260 g/mol. The molecule has 82 valence electrons. The summed E-state index contributed by atoms with van der Waals surface area (Å²) in [5, 5.41) is 6.19. The second kappa shape index (κ2) is 3.98. The molecule has 1 aromatic heterocycles. The normalized spacial score (nSPS) is 25.5. The lowest BCUT2D eigenvalue weighted by Gasteiger charge is -2.23. The highest BCUT2D eigenvalue weighted by Crippen LogP contribution is 2.17. The maximum absolute atomic E-state index is 11.8. The number of hydrogen-bond acceptors (Lipinski definition) is 3. The minimum absolute atomic E-state index is 0.156. The first-order valence-corrected chi connectivity index (χ1v) is 5.67. The molecule has 4 nitrogen and oxygen atoms in total. The predicted molar refractivity (Wildman–Crippen MR) is 59.8 cm³/mol. The van der Waals surface area contributed by atoms with Gasteiger partial charge in [-0.3, -0.25) is 4.79 Å². The van der Waals surface area contributed by atoms with E-state index in [0.29, 0.717) is 10.4 Å². The van der Waals surface area contributed by atoms with Crippen LogP contribution in [0, 0.1) is 0 Å². The Bertz CT molecular complexity index is 369. The van der Waals surface area contributed by atoms with Crippen LogP contribution in [-0.2, 0) is 0 Å². The van der Waals surface area contributed by atoms with E-state index < -0.39 is 0 Å². The van der Waals surface area contributed by atoms with Crippen molar-refractivity contribution in [1.29, 1.82) is 0 Å². The highest BCUT2D eigenvalue weighted by Gasteiger charge is 2.31. The summed E-state index contributed by atoms with van der Waals surface area (Å²) in [6, 6.07) is 3.37. The van der Waals surface area contributed by atoms with Crippen LogP contribution in [0.2, 0.25) is 0 Å². The molecule has 1 amide bonds. The first kappa shape index (κ1) is 10.7. The van der Waals surface area contributed by atoms with Crippen molar-refractivity contribution >= 4 is 21.8 Å². The van der Waals surface area contributed by atoms with Crippen LogP contribution in [0.15, 0.2) is 21.2 Å². The highest BCUT2D eigenvalue weighted by molar-refractivity contribution is 9.10. The molecule has 0 saturated carbocycles. The first-order chi connectivity index (χ1) is 7.09. The van der Waals surface area contributed by atoms with Gasteiger partial charge in [-0.25, -0.2) is 0 Å². The fourth-order valence-corrected chi connectivity index (χ4v) is 2.00. The molecule has 0 aromatic carbocycles. The fourth-order valence-electron chi connectivity index (χ4n) is 1.70. The number of halogens is 1. The van der Waals surface area contributed by atoms with Crippen LogP contribution in [0.5, 0.6) is 0 Å². The summed E-state index contributed by atoms with van der Waals surface area (Å²) in [6.07, 6.45) is 0.945. The maximum Gasteiger partial charge on any atom is 0.287 e. The van der Waals surface area contributed by atoms with Gasteiger partial charge < -0.3 is 15.1 Å². The molecule has 2 N–H and O–H groups in total. The van der Waals surface area contributed by atoms with Gasteiger partial charge in [-0.1, -0.05) is 0 Å². The zero-order valence-electron chi connectivity index (χ0n) is 8.47. The van der Waals surface area contributed by atoms with Crippen molar-refractivity contribution in [1.82, 2.24) is 10.6 Å². The molecule has 15 heavy (non-hydrogen) atoms. The number of rotatable bonds is 2. The summed E-state index contributed by atoms with van der Waals surface area (Å²) < 4.78 is 5.76. The lowest BCUT2D eigenvalue weighted by molar-refractivity contribution is 0.0883. The molecule has 1 atom stereocenters. The van der Waals surface area contributed by atoms with Gasteiger partial charge >= 0.3 is 0 Å². The van der Waals surface area contributed by atoms with Crippen molar-refractivity contribution in [2.45, 2.75) is 18.9 Å². The molecule has 1 unspecified atom stereocenters. The third kappa shape index (κ3) is 2.41. The van der Waals surface area contributed by atoms with Crippen molar-refractivity contribution in [2.24, 2.45) is 0 Å². The van der Waals surface area contributed by atoms with Crippen LogP contribution in [0.4, 0.5) is 0 Å². The number of hydrogen-bond donors (Lipinski definition) is 2. The highest BCUT2D eigenvalue weighted by atomic mass is 79.9. The van der Waals surface area contributed by atoms with Gasteiger partial charge in [-0.05, 0) is 48.0 Å². The molecule has 1 fully saturated rings. The van der Waals surface area contributed by atoms with Gasteiger partial charge in [-0.2, -0.15) is 0 Å². The molecule has 1 aliphatic rings. The maximum atomic E-state index is 11.8. The molecule has 2 rings (SSSR count). The Kier molecular flexibility index (Phi) is 2.84. The standard InChI is InChI=1S/C10H13BrN2O2/c1-10(4-5-12-6-10)13-9(14)7-2-3-8(11)15-7/h2-3,12H,4-6H2,1H3,(H,13,14). The zero-order valence-corrected chi connectivity index (χ0v) is 10.1. The number of carbonyl (C=O) groups is 1. The number of furan rings is 1. The van der Waals surface area contributed by atoms with E-state index in [4.69, 9.17) is 4.42 Å². The van der Waals surface area contributed by atoms with Gasteiger partial charge in [0, 0.05) is 6.54 Å². The minimum atomic E-state index is -0.160. The van der Waals surface area contributed by atoms with Crippen LogP contribution >= 0.6 is 15.9 Å². The van der Waals surface area contributed by atoms with Crippen LogP contribution < -0.4 is 10.6 Å². The Morgan fingerprint density at radius 2 is 2.47 bits per heavy atom. The minimum Gasteiger partial charge on any atom is -0.444 e. The number of nitrogens with one attached hydrogen (secondary N) is 2. The van der Waals surface area contributed by atoms with Gasteiger partial charge in [0.2, 0.25) is 0 Å². The van der Waals surface area contributed by atoms with Crippen molar-refractivity contribution in [3.8, 4) is 0 Å². The van der Waals surface area contributed by atoms with E-state index in [0.717, 1.165) is 19.5 Å². The van der Waals surface area contributed by atoms with E-state index in [1.54, 1.807) is 12.1 Å². The molecule has 0 spiro atoms. The molecule has 0 bridgehead atoms. The van der Waals surface area contributed by atoms with Crippen molar-refractivity contribution < 1.29 is 9.21 Å². The topological polar surface area (TPSA) is 54.3 Å². The fraction of sp³-hybridized carbons (Fsp3) is 0.500. The summed E-state index contributed by atoms with van der Waals surface area (Å²) in [7, 11) is 0. The average molecular weight is 273 g/mol. The number of amides is 1. The van der Waals surface area contributed by atoms with Gasteiger partial charge in [0.25, 0.3) is 5.91 Å². The molecule has 0 aliphatic carbocycles. The lowest BCUT2D eigenvalue weighted by Crippen LogP contribution is -2.47. The quantitative estimate of drug-likeness (QED) is 0.859. The van der Waals surface area contributed by atoms with Gasteiger partial charge in [0.15, 0.2) is 10.4 Å². The molecular formula is C10H13BrN2O2. The van der Waals surface area contributed by atoms with Crippen LogP contribution in [0.3, 0.4) is 0 Å². The average Bonchev–Trinajstić information content (AvgIpc) is 2.75. The summed E-state index contributed by atoms with van der Waals surface area (Å²) >= 11 is 3.17. The Morgan fingerprint density at radius 1 is 1.67 bits per heavy atom. The molecule has 2 heterocycles. The number of carbonyl (C=O) groups excluding carboxylic acids is 1. The smallest absolute Gasteiger partial charge is 0.287 e. The Hall–Kier alpha value is -0.810. The largest absolute Gasteiger partial charge is 0.444 e. The van der Waals surface area contributed by atoms with E-state index in [9.17, 15) is 4.79 Å². The van der Waals surface area contributed by atoms with Crippen LogP contribution in [0.25, 0.3) is 0 Å². The third-order valence-electron chi connectivity index (χ3n) is 2.58. The van der Waals surface area contributed by atoms with Crippen LogP contribution in [0.1, 0.15) is 23.9 Å². The third-order valence-corrected chi connectivity index (χ3v) is 3.01.